The molecule has 2 aromatic rings. The van der Waals surface area contributed by atoms with Crippen molar-refractivity contribution >= 4 is 29.5 Å². The van der Waals surface area contributed by atoms with Crippen molar-refractivity contribution in [3.05, 3.63) is 71.8 Å². The van der Waals surface area contributed by atoms with Gasteiger partial charge in [-0.3, -0.25) is 14.4 Å². The number of aliphatic carboxylic acids is 1. The topological polar surface area (TPSA) is 86.7 Å². The van der Waals surface area contributed by atoms with Crippen LogP contribution in [0.2, 0.25) is 0 Å². The highest BCUT2D eigenvalue weighted by Crippen LogP contribution is 2.25. The number of nitrogens with zero attached hydrogens (tertiary/aromatic N) is 1. The van der Waals surface area contributed by atoms with Crippen molar-refractivity contribution < 1.29 is 19.5 Å². The van der Waals surface area contributed by atoms with Crippen LogP contribution in [0.3, 0.4) is 0 Å². The Kier molecular flexibility index (Phi) is 6.04. The summed E-state index contributed by atoms with van der Waals surface area (Å²) in [6.07, 6.45) is 0. The summed E-state index contributed by atoms with van der Waals surface area (Å²) in [5.41, 5.74) is -0.111. The van der Waals surface area contributed by atoms with Crippen LogP contribution in [0.15, 0.2) is 60.7 Å². The number of carbonyl (C=O) groups excluding carboxylic acids is 2. The van der Waals surface area contributed by atoms with E-state index in [1.807, 2.05) is 12.1 Å². The molecular formula is C21H22N2O4S. The molecule has 0 spiro atoms. The summed E-state index contributed by atoms with van der Waals surface area (Å²) in [6, 6.07) is 17.0. The highest BCUT2D eigenvalue weighted by Gasteiger charge is 2.39. The number of rotatable bonds is 6. The van der Waals surface area contributed by atoms with E-state index in [0.29, 0.717) is 22.8 Å². The van der Waals surface area contributed by atoms with E-state index in [1.165, 1.54) is 16.7 Å². The molecule has 6 nitrogen and oxygen atoms in total. The number of amides is 2. The van der Waals surface area contributed by atoms with Crippen LogP contribution in [0.1, 0.15) is 22.8 Å². The number of hydrogen-bond donors (Lipinski definition) is 2. The fourth-order valence-corrected chi connectivity index (χ4v) is 4.25. The highest BCUT2D eigenvalue weighted by atomic mass is 32.2. The van der Waals surface area contributed by atoms with E-state index in [-0.39, 0.29) is 18.4 Å². The summed E-state index contributed by atoms with van der Waals surface area (Å²) in [7, 11) is 0. The molecule has 3 rings (SSSR count). The van der Waals surface area contributed by atoms with Crippen LogP contribution in [0, 0.1) is 0 Å². The van der Waals surface area contributed by atoms with E-state index < -0.39 is 17.4 Å². The highest BCUT2D eigenvalue weighted by molar-refractivity contribution is 7.99. The number of nitrogens with one attached hydrogen (secondary N) is 1. The summed E-state index contributed by atoms with van der Waals surface area (Å²) >= 11 is 1.51. The zero-order valence-electron chi connectivity index (χ0n) is 15.5. The van der Waals surface area contributed by atoms with E-state index in [1.54, 1.807) is 55.5 Å². The summed E-state index contributed by atoms with van der Waals surface area (Å²) < 4.78 is 0. The fraction of sp³-hybridized carbons (Fsp3) is 0.286. The molecule has 28 heavy (non-hydrogen) atoms. The third-order valence-electron chi connectivity index (χ3n) is 4.97. The van der Waals surface area contributed by atoms with Gasteiger partial charge in [0.05, 0.1) is 5.88 Å². The van der Waals surface area contributed by atoms with Crippen molar-refractivity contribution in [3.8, 4) is 0 Å². The Morgan fingerprint density at radius 2 is 1.71 bits per heavy atom. The molecule has 2 unspecified atom stereocenters. The Morgan fingerprint density at radius 1 is 1.11 bits per heavy atom. The van der Waals surface area contributed by atoms with Crippen LogP contribution < -0.4 is 5.32 Å². The van der Waals surface area contributed by atoms with Gasteiger partial charge in [-0.25, -0.2) is 0 Å². The van der Waals surface area contributed by atoms with Gasteiger partial charge in [-0.05, 0) is 24.6 Å². The molecule has 1 aliphatic heterocycles. The molecule has 0 bridgehead atoms. The van der Waals surface area contributed by atoms with Crippen molar-refractivity contribution in [2.24, 2.45) is 0 Å². The number of thioether (sulfide) groups is 1. The summed E-state index contributed by atoms with van der Waals surface area (Å²) in [6.45, 7) is 1.53. The zero-order chi connectivity index (χ0) is 20.1. The predicted molar refractivity (Wildman–Crippen MR) is 108 cm³/mol. The Hall–Kier alpha value is -2.80. The lowest BCUT2D eigenvalue weighted by molar-refractivity contribution is -0.143. The van der Waals surface area contributed by atoms with Crippen LogP contribution in [-0.2, 0) is 15.0 Å². The molecule has 0 saturated carbocycles. The van der Waals surface area contributed by atoms with Crippen molar-refractivity contribution in [2.75, 3.05) is 18.2 Å². The molecule has 2 amide bonds. The molecule has 1 heterocycles. The van der Waals surface area contributed by atoms with E-state index in [4.69, 9.17) is 0 Å². The maximum Gasteiger partial charge on any atom is 0.315 e. The lowest BCUT2D eigenvalue weighted by atomic mass is 9.82. The van der Waals surface area contributed by atoms with Gasteiger partial charge in [0.2, 0.25) is 5.91 Å². The van der Waals surface area contributed by atoms with Gasteiger partial charge in [0.1, 0.15) is 11.5 Å². The van der Waals surface area contributed by atoms with Crippen LogP contribution in [0.5, 0.6) is 0 Å². The second-order valence-corrected chi connectivity index (χ2v) is 7.88. The second-order valence-electron chi connectivity index (χ2n) is 6.88. The number of carbonyl (C=O) groups is 3. The minimum atomic E-state index is -1.25. The molecule has 1 aliphatic rings. The SMILES string of the molecule is CC(CNC(=O)C1CSCN1C(=O)c1ccccc1)(C(=O)O)c1ccccc1. The lowest BCUT2D eigenvalue weighted by Crippen LogP contribution is -2.51. The molecule has 2 aromatic carbocycles. The van der Waals surface area contributed by atoms with Crippen LogP contribution in [0.4, 0.5) is 0 Å². The van der Waals surface area contributed by atoms with Crippen molar-refractivity contribution in [1.29, 1.82) is 0 Å². The standard InChI is InChI=1S/C21H22N2O4S/c1-21(20(26)27,16-10-6-3-7-11-16)13-22-18(24)17-12-28-14-23(17)19(25)15-8-4-2-5-9-15/h2-11,17H,12-14H2,1H3,(H,22,24)(H,26,27). The van der Waals surface area contributed by atoms with Gasteiger partial charge in [-0.2, -0.15) is 0 Å². The molecule has 7 heteroatoms. The summed E-state index contributed by atoms with van der Waals surface area (Å²) in [5.74, 6) is -0.634. The maximum atomic E-state index is 12.8. The summed E-state index contributed by atoms with van der Waals surface area (Å²) in [4.78, 5) is 38.9. The largest absolute Gasteiger partial charge is 0.481 e. The molecular weight excluding hydrogens is 376 g/mol. The second kappa shape index (κ2) is 8.48. The fourth-order valence-electron chi connectivity index (χ4n) is 3.10. The first kappa shape index (κ1) is 19.9. The average molecular weight is 398 g/mol. The first-order chi connectivity index (χ1) is 13.4. The Labute approximate surface area is 167 Å². The van der Waals surface area contributed by atoms with Gasteiger partial charge >= 0.3 is 5.97 Å². The Bertz CT molecular complexity index is 859. The van der Waals surface area contributed by atoms with Crippen molar-refractivity contribution in [1.82, 2.24) is 10.2 Å². The van der Waals surface area contributed by atoms with Crippen LogP contribution in [0.25, 0.3) is 0 Å². The maximum absolute atomic E-state index is 12.8. The zero-order valence-corrected chi connectivity index (χ0v) is 16.3. The molecule has 146 valence electrons. The third-order valence-corrected chi connectivity index (χ3v) is 5.98. The van der Waals surface area contributed by atoms with Gasteiger partial charge in [0.15, 0.2) is 0 Å². The molecule has 1 fully saturated rings. The number of carboxylic acids is 1. The van der Waals surface area contributed by atoms with Gasteiger partial charge in [0, 0.05) is 17.9 Å². The smallest absolute Gasteiger partial charge is 0.315 e. The molecule has 1 saturated heterocycles. The number of carboxylic acid groups (broad SMARTS) is 1. The first-order valence-corrected chi connectivity index (χ1v) is 10.1. The van der Waals surface area contributed by atoms with E-state index in [9.17, 15) is 19.5 Å². The van der Waals surface area contributed by atoms with Crippen molar-refractivity contribution in [3.63, 3.8) is 0 Å². The van der Waals surface area contributed by atoms with Crippen LogP contribution >= 0.6 is 11.8 Å². The number of hydrogen-bond acceptors (Lipinski definition) is 4. The molecule has 2 N–H and O–H groups in total. The monoisotopic (exact) mass is 398 g/mol. The van der Waals surface area contributed by atoms with E-state index in [0.717, 1.165) is 0 Å². The quantitative estimate of drug-likeness (QED) is 0.780. The normalized spacial score (nSPS) is 18.3. The first-order valence-electron chi connectivity index (χ1n) is 8.94. The van der Waals surface area contributed by atoms with Gasteiger partial charge < -0.3 is 15.3 Å². The Balaban J connectivity index is 1.71. The predicted octanol–water partition coefficient (Wildman–Crippen LogP) is 2.36. The minimum absolute atomic E-state index is 0.0558. The molecule has 0 aliphatic carbocycles. The van der Waals surface area contributed by atoms with E-state index in [2.05, 4.69) is 5.32 Å². The Morgan fingerprint density at radius 3 is 2.32 bits per heavy atom. The third kappa shape index (κ3) is 4.04. The average Bonchev–Trinajstić information content (AvgIpc) is 3.22. The molecule has 0 radical (unpaired) electrons. The van der Waals surface area contributed by atoms with Gasteiger partial charge in [0.25, 0.3) is 5.91 Å². The van der Waals surface area contributed by atoms with Crippen LogP contribution in [-0.4, -0.2) is 52.0 Å². The van der Waals surface area contributed by atoms with E-state index >= 15 is 0 Å². The summed E-state index contributed by atoms with van der Waals surface area (Å²) in [5, 5.41) is 12.5. The lowest BCUT2D eigenvalue weighted by Gasteiger charge is -2.28. The molecule has 2 atom stereocenters. The number of benzene rings is 2. The van der Waals surface area contributed by atoms with Gasteiger partial charge in [-0.15, -0.1) is 11.8 Å². The molecule has 0 aromatic heterocycles. The van der Waals surface area contributed by atoms with Crippen molar-refractivity contribution in [2.45, 2.75) is 18.4 Å². The minimum Gasteiger partial charge on any atom is -0.481 e. The van der Waals surface area contributed by atoms with Gasteiger partial charge in [-0.1, -0.05) is 48.5 Å².